The molecule has 0 amide bonds. The summed E-state index contributed by atoms with van der Waals surface area (Å²) in [7, 11) is 0. The van der Waals surface area contributed by atoms with Crippen molar-refractivity contribution in [2.75, 3.05) is 11.0 Å². The van der Waals surface area contributed by atoms with Crippen LogP contribution in [0.5, 0.6) is 11.5 Å². The highest BCUT2D eigenvalue weighted by Crippen LogP contribution is 2.26. The minimum absolute atomic E-state index is 0.104. The van der Waals surface area contributed by atoms with Crippen LogP contribution in [-0.4, -0.2) is 35.4 Å². The fraction of sp³-hybridized carbons (Fsp3) is 0.200. The van der Waals surface area contributed by atoms with Gasteiger partial charge in [-0.15, -0.1) is 0 Å². The molecule has 0 fully saturated rings. The summed E-state index contributed by atoms with van der Waals surface area (Å²) in [6.07, 6.45) is 6.20. The maximum atomic E-state index is 9.22. The van der Waals surface area contributed by atoms with Crippen molar-refractivity contribution in [3.8, 4) is 23.6 Å². The van der Waals surface area contributed by atoms with Gasteiger partial charge < -0.3 is 9.84 Å². The van der Waals surface area contributed by atoms with Gasteiger partial charge in [-0.05, 0) is 55.3 Å². The van der Waals surface area contributed by atoms with Crippen LogP contribution in [0.15, 0.2) is 45.9 Å². The van der Waals surface area contributed by atoms with Gasteiger partial charge in [0.1, 0.15) is 23.6 Å². The molecule has 4 aromatic heterocycles. The third-order valence-electron chi connectivity index (χ3n) is 3.64. The summed E-state index contributed by atoms with van der Waals surface area (Å²) in [5, 5.41) is 34.8. The average molecular weight is 660 g/mol. The van der Waals surface area contributed by atoms with Crippen LogP contribution in [0, 0.1) is 22.7 Å². The van der Waals surface area contributed by atoms with E-state index >= 15 is 0 Å². The average Bonchev–Trinajstić information content (AvgIpc) is 3.33. The maximum absolute atomic E-state index is 9.22. The van der Waals surface area contributed by atoms with Crippen LogP contribution in [0.1, 0.15) is 25.0 Å². The number of fused-ring (bicyclic) bond motifs is 2. The van der Waals surface area contributed by atoms with Crippen LogP contribution in [-0.2, 0) is 0 Å². The summed E-state index contributed by atoms with van der Waals surface area (Å²) in [6, 6.07) is 7.46. The molecule has 0 aliphatic rings. The number of hydrogen-bond acceptors (Lipinski definition) is 6. The molecule has 0 bridgehead atoms. The van der Waals surface area contributed by atoms with Gasteiger partial charge in [-0.3, -0.25) is 0 Å². The zero-order valence-corrected chi connectivity index (χ0v) is 21.9. The molecule has 4 rings (SSSR count). The quantitative estimate of drug-likeness (QED) is 0.225. The van der Waals surface area contributed by atoms with Crippen molar-refractivity contribution >= 4 is 65.5 Å². The number of halogens is 3. The first-order chi connectivity index (χ1) is 14.9. The number of hydrogen-bond donors (Lipinski definition) is 1. The molecule has 0 saturated heterocycles. The topological polar surface area (TPSA) is 112 Å². The molecular weight excluding hydrogens is 643 g/mol. The summed E-state index contributed by atoms with van der Waals surface area (Å²) >= 11 is 8.93. The highest BCUT2D eigenvalue weighted by Gasteiger charge is 2.09. The van der Waals surface area contributed by atoms with E-state index in [1.165, 1.54) is 33.6 Å². The highest BCUT2D eigenvalue weighted by atomic mass is 127. The molecule has 4 heterocycles. The standard InChI is InChI=1S/C10H8BrN3O.C8H4BrN3O.C2H5I/c1-2-15-8-3-9(11)10-7(4-12)5-13-14(10)6-8;9-7-1-6(13)4-12-8(7)5(2-10)3-11-12;1-2-3/h3,5-6H,2H2,1H3;1,3-4,13H;2H2,1H3. The molecule has 0 atom stereocenters. The van der Waals surface area contributed by atoms with E-state index in [0.717, 1.165) is 15.7 Å². The third kappa shape index (κ3) is 6.09. The summed E-state index contributed by atoms with van der Waals surface area (Å²) in [6.45, 7) is 4.63. The molecule has 8 nitrogen and oxygen atoms in total. The van der Waals surface area contributed by atoms with E-state index < -0.39 is 0 Å². The molecular formula is C20H17Br2IN6O2. The lowest BCUT2D eigenvalue weighted by molar-refractivity contribution is 0.338. The van der Waals surface area contributed by atoms with Crippen molar-refractivity contribution in [1.82, 2.24) is 19.2 Å². The second-order valence-electron chi connectivity index (χ2n) is 5.70. The Labute approximate surface area is 209 Å². The van der Waals surface area contributed by atoms with Crippen molar-refractivity contribution < 1.29 is 9.84 Å². The summed E-state index contributed by atoms with van der Waals surface area (Å²) in [5.74, 6) is 0.830. The predicted octanol–water partition coefficient (Wildman–Crippen LogP) is 5.48. The van der Waals surface area contributed by atoms with Gasteiger partial charge in [0.05, 0.1) is 53.6 Å². The Bertz CT molecular complexity index is 1270. The molecule has 31 heavy (non-hydrogen) atoms. The van der Waals surface area contributed by atoms with Crippen molar-refractivity contribution in [1.29, 1.82) is 10.5 Å². The van der Waals surface area contributed by atoms with Crippen molar-refractivity contribution in [2.24, 2.45) is 0 Å². The second kappa shape index (κ2) is 11.9. The monoisotopic (exact) mass is 658 g/mol. The van der Waals surface area contributed by atoms with Crippen molar-refractivity contribution in [3.63, 3.8) is 0 Å². The molecule has 0 aliphatic carbocycles. The van der Waals surface area contributed by atoms with Gasteiger partial charge in [0.25, 0.3) is 0 Å². The van der Waals surface area contributed by atoms with E-state index in [9.17, 15) is 5.11 Å². The first-order valence-corrected chi connectivity index (χ1v) is 12.0. The van der Waals surface area contributed by atoms with E-state index in [2.05, 4.69) is 77.6 Å². The van der Waals surface area contributed by atoms with Gasteiger partial charge in [-0.2, -0.15) is 20.7 Å². The number of rotatable bonds is 2. The van der Waals surface area contributed by atoms with E-state index in [-0.39, 0.29) is 5.75 Å². The van der Waals surface area contributed by atoms with Gasteiger partial charge in [-0.1, -0.05) is 29.5 Å². The Morgan fingerprint density at radius 2 is 1.48 bits per heavy atom. The Hall–Kier alpha value is -2.35. The maximum Gasteiger partial charge on any atom is 0.138 e. The summed E-state index contributed by atoms with van der Waals surface area (Å²) in [5.41, 5.74) is 2.46. The Morgan fingerprint density at radius 3 is 1.97 bits per heavy atom. The number of aromatic hydroxyl groups is 1. The molecule has 0 spiro atoms. The van der Waals surface area contributed by atoms with Crippen LogP contribution in [0.25, 0.3) is 11.0 Å². The molecule has 0 saturated carbocycles. The van der Waals surface area contributed by atoms with E-state index in [1.54, 1.807) is 10.7 Å². The Morgan fingerprint density at radius 1 is 1.00 bits per heavy atom. The lowest BCUT2D eigenvalue weighted by atomic mass is 10.3. The molecule has 4 aromatic rings. The van der Waals surface area contributed by atoms with Crippen molar-refractivity contribution in [2.45, 2.75) is 13.8 Å². The minimum atomic E-state index is 0.104. The normalized spacial score (nSPS) is 9.77. The minimum Gasteiger partial charge on any atom is -0.506 e. The van der Waals surface area contributed by atoms with Crippen LogP contribution < -0.4 is 4.74 Å². The lowest BCUT2D eigenvalue weighted by Gasteiger charge is -2.04. The van der Waals surface area contributed by atoms with Crippen LogP contribution >= 0.6 is 54.5 Å². The van der Waals surface area contributed by atoms with Crippen LogP contribution in [0.2, 0.25) is 0 Å². The lowest BCUT2D eigenvalue weighted by Crippen LogP contribution is -1.95. The number of nitriles is 2. The Balaban J connectivity index is 0.000000197. The molecule has 0 aliphatic heterocycles. The van der Waals surface area contributed by atoms with Gasteiger partial charge in [0.2, 0.25) is 0 Å². The second-order valence-corrected chi connectivity index (χ2v) is 8.93. The predicted molar refractivity (Wildman–Crippen MR) is 133 cm³/mol. The fourth-order valence-electron chi connectivity index (χ4n) is 2.52. The first kappa shape index (κ1) is 24.9. The number of nitrogens with zero attached hydrogens (tertiary/aromatic N) is 6. The number of pyridine rings is 2. The largest absolute Gasteiger partial charge is 0.506 e. The summed E-state index contributed by atoms with van der Waals surface area (Å²) in [4.78, 5) is 0. The van der Waals surface area contributed by atoms with E-state index in [4.69, 9.17) is 15.3 Å². The highest BCUT2D eigenvalue weighted by molar-refractivity contribution is 14.1. The van der Waals surface area contributed by atoms with Gasteiger partial charge in [-0.25, -0.2) is 9.03 Å². The molecule has 0 aromatic carbocycles. The van der Waals surface area contributed by atoms with Gasteiger partial charge in [0.15, 0.2) is 0 Å². The number of alkyl halides is 1. The molecule has 1 N–H and O–H groups in total. The fourth-order valence-corrected chi connectivity index (χ4v) is 3.77. The summed E-state index contributed by atoms with van der Waals surface area (Å²) < 4.78 is 11.1. The smallest absolute Gasteiger partial charge is 0.138 e. The zero-order chi connectivity index (χ0) is 23.0. The zero-order valence-electron chi connectivity index (χ0n) is 16.6. The van der Waals surface area contributed by atoms with Crippen LogP contribution in [0.3, 0.4) is 0 Å². The molecule has 160 valence electrons. The number of aromatic nitrogens is 4. The van der Waals surface area contributed by atoms with Crippen LogP contribution in [0.4, 0.5) is 0 Å². The number of ether oxygens (including phenoxy) is 1. The van der Waals surface area contributed by atoms with E-state index in [1.807, 2.05) is 19.1 Å². The van der Waals surface area contributed by atoms with Gasteiger partial charge >= 0.3 is 0 Å². The first-order valence-electron chi connectivity index (χ1n) is 8.91. The van der Waals surface area contributed by atoms with E-state index in [0.29, 0.717) is 27.7 Å². The molecule has 11 heteroatoms. The third-order valence-corrected chi connectivity index (χ3v) is 4.85. The molecule has 0 radical (unpaired) electrons. The Kier molecular flexibility index (Phi) is 9.55. The molecule has 0 unspecified atom stereocenters. The van der Waals surface area contributed by atoms with Gasteiger partial charge in [0, 0.05) is 8.95 Å². The van der Waals surface area contributed by atoms with Crippen molar-refractivity contribution in [3.05, 3.63) is 57.0 Å². The SMILES string of the molecule is CCI.CCOc1cc(Br)c2c(C#N)cnn2c1.N#Cc1cnn2cc(O)cc(Br)c12.